The van der Waals surface area contributed by atoms with Gasteiger partial charge in [-0.3, -0.25) is 4.79 Å². The second-order valence-electron chi connectivity index (χ2n) is 3.18. The summed E-state index contributed by atoms with van der Waals surface area (Å²) in [7, 11) is 1.28. The van der Waals surface area contributed by atoms with Crippen LogP contribution in [-0.2, 0) is 20.8 Å². The molecule has 0 fully saturated rings. The standard InChI is InChI=1S/C11H15NO5/c1-3-16-9(13)7-12-6-8-4-5-17-10(8)11(14)15-2/h4-5,12H,3,6-7H2,1-2H3. The third kappa shape index (κ3) is 3.92. The van der Waals surface area contributed by atoms with E-state index in [1.165, 1.54) is 13.4 Å². The Morgan fingerprint density at radius 1 is 1.47 bits per heavy atom. The van der Waals surface area contributed by atoms with Crippen LogP contribution in [0.15, 0.2) is 16.7 Å². The third-order valence-corrected chi connectivity index (χ3v) is 2.01. The first-order chi connectivity index (χ1) is 8.19. The fourth-order valence-corrected chi connectivity index (χ4v) is 1.26. The fourth-order valence-electron chi connectivity index (χ4n) is 1.26. The van der Waals surface area contributed by atoms with Crippen molar-refractivity contribution in [3.05, 3.63) is 23.7 Å². The lowest BCUT2D eigenvalue weighted by atomic mass is 10.2. The van der Waals surface area contributed by atoms with Crippen molar-refractivity contribution in [3.8, 4) is 0 Å². The topological polar surface area (TPSA) is 77.8 Å². The number of nitrogens with one attached hydrogen (secondary N) is 1. The molecule has 0 atom stereocenters. The van der Waals surface area contributed by atoms with Crippen LogP contribution < -0.4 is 5.32 Å². The summed E-state index contributed by atoms with van der Waals surface area (Å²) in [6.07, 6.45) is 1.40. The molecule has 6 nitrogen and oxygen atoms in total. The van der Waals surface area contributed by atoms with E-state index in [1.54, 1.807) is 13.0 Å². The molecule has 94 valence electrons. The quantitative estimate of drug-likeness (QED) is 0.739. The lowest BCUT2D eigenvalue weighted by Gasteiger charge is -2.04. The monoisotopic (exact) mass is 241 g/mol. The highest BCUT2D eigenvalue weighted by molar-refractivity contribution is 5.87. The molecule has 17 heavy (non-hydrogen) atoms. The number of methoxy groups -OCH3 is 1. The number of esters is 2. The largest absolute Gasteiger partial charge is 0.465 e. The highest BCUT2D eigenvalue weighted by atomic mass is 16.5. The van der Waals surface area contributed by atoms with Gasteiger partial charge in [-0.15, -0.1) is 0 Å². The molecule has 0 unspecified atom stereocenters. The third-order valence-electron chi connectivity index (χ3n) is 2.01. The van der Waals surface area contributed by atoms with Crippen molar-refractivity contribution >= 4 is 11.9 Å². The van der Waals surface area contributed by atoms with E-state index in [1.807, 2.05) is 0 Å². The molecule has 0 aliphatic rings. The van der Waals surface area contributed by atoms with Crippen molar-refractivity contribution < 1.29 is 23.5 Å². The first kappa shape index (κ1) is 13.2. The molecule has 0 bridgehead atoms. The number of rotatable bonds is 6. The highest BCUT2D eigenvalue weighted by Gasteiger charge is 2.15. The van der Waals surface area contributed by atoms with Gasteiger partial charge in [-0.25, -0.2) is 4.79 Å². The molecule has 1 aromatic rings. The Labute approximate surface area is 98.9 Å². The lowest BCUT2D eigenvalue weighted by Crippen LogP contribution is -2.24. The Hall–Kier alpha value is -1.82. The van der Waals surface area contributed by atoms with Gasteiger partial charge in [-0.2, -0.15) is 0 Å². The molecule has 0 aliphatic heterocycles. The van der Waals surface area contributed by atoms with Gasteiger partial charge in [0.15, 0.2) is 0 Å². The fraction of sp³-hybridized carbons (Fsp3) is 0.455. The van der Waals surface area contributed by atoms with E-state index in [4.69, 9.17) is 9.15 Å². The van der Waals surface area contributed by atoms with E-state index in [0.29, 0.717) is 18.7 Å². The minimum Gasteiger partial charge on any atom is -0.465 e. The zero-order valence-corrected chi connectivity index (χ0v) is 9.82. The van der Waals surface area contributed by atoms with E-state index in [-0.39, 0.29) is 18.3 Å². The van der Waals surface area contributed by atoms with Gasteiger partial charge in [-0.05, 0) is 13.0 Å². The van der Waals surface area contributed by atoms with Crippen LogP contribution in [0.3, 0.4) is 0 Å². The van der Waals surface area contributed by atoms with E-state index in [9.17, 15) is 9.59 Å². The molecule has 0 saturated carbocycles. The normalized spacial score (nSPS) is 10.0. The SMILES string of the molecule is CCOC(=O)CNCc1ccoc1C(=O)OC. The van der Waals surface area contributed by atoms with Crippen LogP contribution in [-0.4, -0.2) is 32.2 Å². The first-order valence-corrected chi connectivity index (χ1v) is 5.20. The molecule has 0 aliphatic carbocycles. The predicted octanol–water partition coefficient (Wildman–Crippen LogP) is 0.719. The number of carbonyl (C=O) groups is 2. The maximum Gasteiger partial charge on any atom is 0.374 e. The Bertz CT molecular complexity index is 385. The van der Waals surface area contributed by atoms with E-state index in [0.717, 1.165) is 0 Å². The number of hydrogen-bond acceptors (Lipinski definition) is 6. The smallest absolute Gasteiger partial charge is 0.374 e. The van der Waals surface area contributed by atoms with Crippen LogP contribution in [0, 0.1) is 0 Å². The lowest BCUT2D eigenvalue weighted by molar-refractivity contribution is -0.142. The van der Waals surface area contributed by atoms with Crippen LogP contribution in [0.25, 0.3) is 0 Å². The first-order valence-electron chi connectivity index (χ1n) is 5.20. The van der Waals surface area contributed by atoms with Crippen molar-refractivity contribution in [2.45, 2.75) is 13.5 Å². The molecule has 1 aromatic heterocycles. The summed E-state index contributed by atoms with van der Waals surface area (Å²) in [4.78, 5) is 22.3. The molecule has 1 rings (SSSR count). The average molecular weight is 241 g/mol. The van der Waals surface area contributed by atoms with Crippen molar-refractivity contribution in [1.82, 2.24) is 5.32 Å². The summed E-state index contributed by atoms with van der Waals surface area (Å²) in [6, 6.07) is 1.64. The van der Waals surface area contributed by atoms with Crippen molar-refractivity contribution in [2.24, 2.45) is 0 Å². The van der Waals surface area contributed by atoms with E-state index in [2.05, 4.69) is 10.1 Å². The molecular formula is C11H15NO5. The molecule has 1 heterocycles. The van der Waals surface area contributed by atoms with E-state index < -0.39 is 5.97 Å². The zero-order valence-electron chi connectivity index (χ0n) is 9.82. The minimum atomic E-state index is -0.539. The summed E-state index contributed by atoms with van der Waals surface area (Å²) < 4.78 is 14.3. The average Bonchev–Trinajstić information content (AvgIpc) is 2.77. The van der Waals surface area contributed by atoms with Crippen LogP contribution >= 0.6 is 0 Å². The van der Waals surface area contributed by atoms with Gasteiger partial charge >= 0.3 is 11.9 Å². The van der Waals surface area contributed by atoms with Gasteiger partial charge in [0.1, 0.15) is 0 Å². The van der Waals surface area contributed by atoms with Crippen molar-refractivity contribution in [3.63, 3.8) is 0 Å². The zero-order chi connectivity index (χ0) is 12.7. The molecule has 0 amide bonds. The molecular weight excluding hydrogens is 226 g/mol. The van der Waals surface area contributed by atoms with Crippen LogP contribution in [0.1, 0.15) is 23.0 Å². The number of carbonyl (C=O) groups excluding carboxylic acids is 2. The number of furan rings is 1. The molecule has 0 spiro atoms. The number of hydrogen-bond donors (Lipinski definition) is 1. The number of ether oxygens (including phenoxy) is 2. The molecule has 0 radical (unpaired) electrons. The molecule has 6 heteroatoms. The Balaban J connectivity index is 2.44. The Morgan fingerprint density at radius 3 is 2.88 bits per heavy atom. The second kappa shape index (κ2) is 6.70. The molecule has 0 aromatic carbocycles. The van der Waals surface area contributed by atoms with Crippen LogP contribution in [0.5, 0.6) is 0 Å². The molecule has 1 N–H and O–H groups in total. The van der Waals surface area contributed by atoms with Gasteiger partial charge in [0, 0.05) is 12.1 Å². The molecule has 0 saturated heterocycles. The van der Waals surface area contributed by atoms with E-state index >= 15 is 0 Å². The van der Waals surface area contributed by atoms with Gasteiger partial charge < -0.3 is 19.2 Å². The highest BCUT2D eigenvalue weighted by Crippen LogP contribution is 2.11. The Kier molecular flexibility index (Phi) is 5.22. The van der Waals surface area contributed by atoms with Gasteiger partial charge in [-0.1, -0.05) is 0 Å². The van der Waals surface area contributed by atoms with Crippen molar-refractivity contribution in [2.75, 3.05) is 20.3 Å². The van der Waals surface area contributed by atoms with Crippen LogP contribution in [0.2, 0.25) is 0 Å². The Morgan fingerprint density at radius 2 is 2.24 bits per heavy atom. The van der Waals surface area contributed by atoms with Crippen LogP contribution in [0.4, 0.5) is 0 Å². The van der Waals surface area contributed by atoms with Gasteiger partial charge in [0.2, 0.25) is 5.76 Å². The minimum absolute atomic E-state index is 0.0830. The summed E-state index contributed by atoms with van der Waals surface area (Å²) in [6.45, 7) is 2.50. The van der Waals surface area contributed by atoms with Gasteiger partial charge in [0.25, 0.3) is 0 Å². The summed E-state index contributed by atoms with van der Waals surface area (Å²) in [5, 5.41) is 2.85. The summed E-state index contributed by atoms with van der Waals surface area (Å²) >= 11 is 0. The second-order valence-corrected chi connectivity index (χ2v) is 3.18. The summed E-state index contributed by atoms with van der Waals surface area (Å²) in [5.74, 6) is -0.734. The summed E-state index contributed by atoms with van der Waals surface area (Å²) in [5.41, 5.74) is 0.640. The van der Waals surface area contributed by atoms with Crippen molar-refractivity contribution in [1.29, 1.82) is 0 Å². The maximum atomic E-state index is 11.3. The maximum absolute atomic E-state index is 11.3. The van der Waals surface area contributed by atoms with Gasteiger partial charge in [0.05, 0.1) is 26.5 Å². The predicted molar refractivity (Wildman–Crippen MR) is 58.4 cm³/mol.